The van der Waals surface area contributed by atoms with E-state index in [1.165, 1.54) is 18.3 Å². The summed E-state index contributed by atoms with van der Waals surface area (Å²) in [4.78, 5) is 18.5. The zero-order valence-corrected chi connectivity index (χ0v) is 17.9. The first-order valence-corrected chi connectivity index (χ1v) is 10.3. The van der Waals surface area contributed by atoms with Gasteiger partial charge in [-0.15, -0.1) is 11.3 Å². The van der Waals surface area contributed by atoms with E-state index in [-0.39, 0.29) is 5.91 Å². The summed E-state index contributed by atoms with van der Waals surface area (Å²) in [5.41, 5.74) is 3.71. The molecule has 0 unspecified atom stereocenters. The van der Waals surface area contributed by atoms with Crippen molar-refractivity contribution in [3.8, 4) is 11.5 Å². The molecule has 0 radical (unpaired) electrons. The number of thiazole rings is 1. The predicted octanol–water partition coefficient (Wildman–Crippen LogP) is 5.16. The number of benzene rings is 2. The topological polar surface area (TPSA) is 63.7 Å². The van der Waals surface area contributed by atoms with Crippen LogP contribution in [0.3, 0.4) is 0 Å². The molecule has 1 heterocycles. The molecule has 1 amide bonds. The summed E-state index contributed by atoms with van der Waals surface area (Å²) >= 11 is 1.44. The van der Waals surface area contributed by atoms with Crippen molar-refractivity contribution in [1.29, 1.82) is 0 Å². The van der Waals surface area contributed by atoms with Crippen molar-refractivity contribution in [3.05, 3.63) is 59.1 Å². The summed E-state index contributed by atoms with van der Waals surface area (Å²) < 4.78 is 10.8. The normalized spacial score (nSPS) is 10.5. The lowest BCUT2D eigenvalue weighted by Gasteiger charge is -2.18. The number of anilines is 3. The summed E-state index contributed by atoms with van der Waals surface area (Å²) in [5, 5.41) is 5.98. The molecule has 1 N–H and O–H groups in total. The molecule has 0 aliphatic carbocycles. The second kappa shape index (κ2) is 9.43. The van der Waals surface area contributed by atoms with Crippen LogP contribution < -0.4 is 19.7 Å². The van der Waals surface area contributed by atoms with Crippen LogP contribution >= 0.6 is 11.3 Å². The average Bonchev–Trinajstić information content (AvgIpc) is 3.17. The van der Waals surface area contributed by atoms with E-state index < -0.39 is 0 Å². The molecule has 2 aromatic carbocycles. The van der Waals surface area contributed by atoms with Crippen molar-refractivity contribution >= 4 is 33.8 Å². The van der Waals surface area contributed by atoms with Crippen LogP contribution in [-0.4, -0.2) is 24.6 Å². The van der Waals surface area contributed by atoms with Gasteiger partial charge in [0.25, 0.3) is 0 Å². The highest BCUT2D eigenvalue weighted by molar-refractivity contribution is 7.14. The Morgan fingerprint density at radius 3 is 2.59 bits per heavy atom. The number of ether oxygens (including phenoxy) is 2. The monoisotopic (exact) mass is 411 g/mol. The Bertz CT molecular complexity index is 970. The summed E-state index contributed by atoms with van der Waals surface area (Å²) in [6.07, 6.45) is 0. The minimum absolute atomic E-state index is 0.0915. The van der Waals surface area contributed by atoms with E-state index in [0.29, 0.717) is 18.3 Å². The van der Waals surface area contributed by atoms with Gasteiger partial charge in [0.05, 0.1) is 31.6 Å². The lowest BCUT2D eigenvalue weighted by Crippen LogP contribution is -2.22. The first-order chi connectivity index (χ1) is 14.0. The maximum atomic E-state index is 12.2. The molecule has 152 valence electrons. The fourth-order valence-corrected chi connectivity index (χ4v) is 3.79. The first-order valence-electron chi connectivity index (χ1n) is 9.38. The van der Waals surface area contributed by atoms with Gasteiger partial charge < -0.3 is 14.8 Å². The van der Waals surface area contributed by atoms with Crippen LogP contribution in [0.4, 0.5) is 16.5 Å². The van der Waals surface area contributed by atoms with Gasteiger partial charge in [-0.3, -0.25) is 9.69 Å². The van der Waals surface area contributed by atoms with Crippen LogP contribution in [0, 0.1) is 6.92 Å². The molecule has 1 aromatic heterocycles. The highest BCUT2D eigenvalue weighted by Crippen LogP contribution is 2.30. The number of hydrogen-bond acceptors (Lipinski definition) is 6. The number of methoxy groups -OCH3 is 1. The van der Waals surface area contributed by atoms with Gasteiger partial charge in [0.15, 0.2) is 5.13 Å². The van der Waals surface area contributed by atoms with Gasteiger partial charge in [0.1, 0.15) is 11.5 Å². The lowest BCUT2D eigenvalue weighted by atomic mass is 10.2. The number of aromatic nitrogens is 1. The minimum atomic E-state index is -0.0915. The summed E-state index contributed by atoms with van der Waals surface area (Å²) in [6, 6.07) is 13.4. The zero-order valence-electron chi connectivity index (χ0n) is 17.1. The Morgan fingerprint density at radius 2 is 1.97 bits per heavy atom. The fourth-order valence-electron chi connectivity index (χ4n) is 2.91. The number of aryl methyl sites for hydroxylation is 1. The van der Waals surface area contributed by atoms with Crippen molar-refractivity contribution in [2.24, 2.45) is 0 Å². The van der Waals surface area contributed by atoms with E-state index in [0.717, 1.165) is 34.1 Å². The van der Waals surface area contributed by atoms with E-state index in [1.807, 2.05) is 55.6 Å². The van der Waals surface area contributed by atoms with Crippen LogP contribution in [0.25, 0.3) is 0 Å². The summed E-state index contributed by atoms with van der Waals surface area (Å²) in [5.74, 6) is 1.55. The van der Waals surface area contributed by atoms with Crippen LogP contribution in [0.5, 0.6) is 11.5 Å². The number of carbonyl (C=O) groups excluding carboxylic acids is 1. The molecule has 29 heavy (non-hydrogen) atoms. The summed E-state index contributed by atoms with van der Waals surface area (Å²) in [7, 11) is 1.61. The molecular weight excluding hydrogens is 386 g/mol. The largest absolute Gasteiger partial charge is 0.497 e. The quantitative estimate of drug-likeness (QED) is 0.555. The van der Waals surface area contributed by atoms with Crippen LogP contribution in [0.15, 0.2) is 47.8 Å². The Morgan fingerprint density at radius 1 is 1.21 bits per heavy atom. The van der Waals surface area contributed by atoms with Gasteiger partial charge in [0.2, 0.25) is 5.91 Å². The third-order valence-corrected chi connectivity index (χ3v) is 5.20. The number of carbonyl (C=O) groups is 1. The highest BCUT2D eigenvalue weighted by atomic mass is 32.1. The van der Waals surface area contributed by atoms with Crippen molar-refractivity contribution in [2.45, 2.75) is 27.3 Å². The Hall–Kier alpha value is -3.06. The third-order valence-electron chi connectivity index (χ3n) is 4.32. The van der Waals surface area contributed by atoms with E-state index in [1.54, 1.807) is 12.0 Å². The molecule has 0 saturated carbocycles. The lowest BCUT2D eigenvalue weighted by molar-refractivity contribution is -0.115. The molecule has 3 rings (SSSR count). The third kappa shape index (κ3) is 5.06. The van der Waals surface area contributed by atoms with Gasteiger partial charge in [0, 0.05) is 18.0 Å². The van der Waals surface area contributed by atoms with E-state index >= 15 is 0 Å². The molecule has 0 aliphatic rings. The zero-order chi connectivity index (χ0) is 20.8. The first kappa shape index (κ1) is 20.7. The van der Waals surface area contributed by atoms with Crippen LogP contribution in [0.1, 0.15) is 25.1 Å². The second-order valence-electron chi connectivity index (χ2n) is 6.44. The number of hydrogen-bond donors (Lipinski definition) is 1. The second-order valence-corrected chi connectivity index (χ2v) is 7.28. The molecule has 0 bridgehead atoms. The maximum Gasteiger partial charge on any atom is 0.230 e. The van der Waals surface area contributed by atoms with Crippen LogP contribution in [0.2, 0.25) is 0 Å². The average molecular weight is 412 g/mol. The van der Waals surface area contributed by atoms with Crippen LogP contribution in [-0.2, 0) is 11.3 Å². The van der Waals surface area contributed by atoms with Crippen molar-refractivity contribution in [3.63, 3.8) is 0 Å². The molecule has 7 heteroatoms. The Labute approximate surface area is 175 Å². The maximum absolute atomic E-state index is 12.2. The van der Waals surface area contributed by atoms with Gasteiger partial charge >= 0.3 is 0 Å². The van der Waals surface area contributed by atoms with Crippen molar-refractivity contribution in [1.82, 2.24) is 4.98 Å². The minimum Gasteiger partial charge on any atom is -0.497 e. The van der Waals surface area contributed by atoms with E-state index in [4.69, 9.17) is 9.47 Å². The van der Waals surface area contributed by atoms with Gasteiger partial charge in [-0.1, -0.05) is 0 Å². The number of amides is 1. The molecule has 0 atom stereocenters. The number of rotatable bonds is 8. The SMILES string of the molecule is CCOc1ccc(NCc2csc(N(C(C)=O)c3ccc(OC)cc3)n2)cc1C. The van der Waals surface area contributed by atoms with Crippen molar-refractivity contribution < 1.29 is 14.3 Å². The Kier molecular flexibility index (Phi) is 6.72. The smallest absolute Gasteiger partial charge is 0.230 e. The molecule has 0 saturated heterocycles. The number of nitrogens with one attached hydrogen (secondary N) is 1. The molecule has 3 aromatic rings. The molecule has 0 aliphatic heterocycles. The van der Waals surface area contributed by atoms with E-state index in [9.17, 15) is 4.79 Å². The fraction of sp³-hybridized carbons (Fsp3) is 0.273. The predicted molar refractivity (Wildman–Crippen MR) is 118 cm³/mol. The van der Waals surface area contributed by atoms with Crippen molar-refractivity contribution in [2.75, 3.05) is 23.9 Å². The van der Waals surface area contributed by atoms with E-state index in [2.05, 4.69) is 16.4 Å². The Balaban J connectivity index is 1.71. The summed E-state index contributed by atoms with van der Waals surface area (Å²) in [6.45, 7) is 6.75. The van der Waals surface area contributed by atoms with Gasteiger partial charge in [-0.25, -0.2) is 4.98 Å². The standard InChI is InChI=1S/C22H25N3O3S/c1-5-28-21-11-6-17(12-15(21)2)23-13-18-14-29-22(24-18)25(16(3)26)19-7-9-20(27-4)10-8-19/h6-12,14,23H,5,13H2,1-4H3. The molecule has 6 nitrogen and oxygen atoms in total. The molecule has 0 fully saturated rings. The van der Waals surface area contributed by atoms with Gasteiger partial charge in [-0.05, 0) is 61.9 Å². The van der Waals surface area contributed by atoms with Gasteiger partial charge in [-0.2, -0.15) is 0 Å². The highest BCUT2D eigenvalue weighted by Gasteiger charge is 2.18. The molecule has 0 spiro atoms. The number of nitrogens with zero attached hydrogens (tertiary/aromatic N) is 2. The molecular formula is C22H25N3O3S.